The molecule has 1 aliphatic rings. The number of hydrogen-bond donors (Lipinski definition) is 2. The van der Waals surface area contributed by atoms with Gasteiger partial charge in [0.25, 0.3) is 0 Å². The Labute approximate surface area is 202 Å². The molecule has 0 saturated heterocycles. The second-order valence-corrected chi connectivity index (χ2v) is 9.10. The SMILES string of the molecule is CCc1ccc2nc(-c3ccc(-c4cnc(OC5CCC(CC(=O)O)CC5)nc4)cc3F)[nH]c2c1. The average molecular weight is 475 g/mol. The molecule has 2 heterocycles. The highest BCUT2D eigenvalue weighted by atomic mass is 19.1. The van der Waals surface area contributed by atoms with Crippen molar-refractivity contribution in [2.24, 2.45) is 5.92 Å². The number of aromatic nitrogens is 4. The van der Waals surface area contributed by atoms with Crippen molar-refractivity contribution < 1.29 is 19.0 Å². The third-order valence-corrected chi connectivity index (χ3v) is 6.67. The molecule has 2 aromatic carbocycles. The van der Waals surface area contributed by atoms with Gasteiger partial charge in [0.05, 0.1) is 16.6 Å². The topological polar surface area (TPSA) is 101 Å². The van der Waals surface area contributed by atoms with Gasteiger partial charge in [-0.15, -0.1) is 0 Å². The predicted octanol–water partition coefficient (Wildman–Crippen LogP) is 5.80. The molecule has 4 aromatic rings. The first-order chi connectivity index (χ1) is 17.0. The van der Waals surface area contributed by atoms with E-state index in [2.05, 4.69) is 26.9 Å². The number of hydrogen-bond acceptors (Lipinski definition) is 5. The number of nitrogens with zero attached hydrogens (tertiary/aromatic N) is 3. The highest BCUT2D eigenvalue weighted by molar-refractivity contribution is 5.80. The maximum absolute atomic E-state index is 15.0. The van der Waals surface area contributed by atoms with E-state index in [0.29, 0.717) is 22.5 Å². The summed E-state index contributed by atoms with van der Waals surface area (Å²) in [6.45, 7) is 2.09. The Hall–Kier alpha value is -3.81. The highest BCUT2D eigenvalue weighted by Gasteiger charge is 2.24. The molecular weight excluding hydrogens is 447 g/mol. The lowest BCUT2D eigenvalue weighted by atomic mass is 9.85. The van der Waals surface area contributed by atoms with Gasteiger partial charge in [0.15, 0.2) is 0 Å². The molecule has 35 heavy (non-hydrogen) atoms. The molecule has 5 rings (SSSR count). The molecule has 1 aliphatic carbocycles. The summed E-state index contributed by atoms with van der Waals surface area (Å²) in [5.74, 6) is -0.422. The molecule has 0 spiro atoms. The summed E-state index contributed by atoms with van der Waals surface area (Å²) >= 11 is 0. The number of carbonyl (C=O) groups is 1. The van der Waals surface area contributed by atoms with Crippen molar-refractivity contribution in [2.75, 3.05) is 0 Å². The molecule has 0 bridgehead atoms. The summed E-state index contributed by atoms with van der Waals surface area (Å²) < 4.78 is 20.9. The standard InChI is InChI=1S/C27H27FN4O3/c1-2-16-5-10-23-24(11-16)32-26(31-23)21-9-6-18(13-22(21)28)19-14-29-27(30-15-19)35-20-7-3-17(4-8-20)12-25(33)34/h5-6,9-11,13-15,17,20H,2-4,7-8,12H2,1H3,(H,31,32)(H,33,34). The molecule has 8 heteroatoms. The first-order valence-corrected chi connectivity index (χ1v) is 12.0. The normalized spacial score (nSPS) is 18.0. The van der Waals surface area contributed by atoms with Crippen LogP contribution >= 0.6 is 0 Å². The maximum atomic E-state index is 15.0. The summed E-state index contributed by atoms with van der Waals surface area (Å²) in [7, 11) is 0. The zero-order valence-corrected chi connectivity index (χ0v) is 19.5. The van der Waals surface area contributed by atoms with Gasteiger partial charge in [0.1, 0.15) is 17.7 Å². The van der Waals surface area contributed by atoms with Crippen LogP contribution in [-0.4, -0.2) is 37.1 Å². The molecule has 0 atom stereocenters. The van der Waals surface area contributed by atoms with Gasteiger partial charge in [-0.25, -0.2) is 19.3 Å². The van der Waals surface area contributed by atoms with Gasteiger partial charge in [-0.3, -0.25) is 4.79 Å². The molecule has 0 amide bonds. The third-order valence-electron chi connectivity index (χ3n) is 6.67. The monoisotopic (exact) mass is 474 g/mol. The number of aryl methyl sites for hydroxylation is 1. The Morgan fingerprint density at radius 2 is 1.86 bits per heavy atom. The highest BCUT2D eigenvalue weighted by Crippen LogP contribution is 2.30. The van der Waals surface area contributed by atoms with Gasteiger partial charge in [0.2, 0.25) is 0 Å². The van der Waals surface area contributed by atoms with Crippen molar-refractivity contribution in [1.82, 2.24) is 19.9 Å². The smallest absolute Gasteiger partial charge is 0.316 e. The number of halogens is 1. The number of fused-ring (bicyclic) bond motifs is 1. The molecule has 7 nitrogen and oxygen atoms in total. The number of carboxylic acid groups (broad SMARTS) is 1. The molecule has 1 fully saturated rings. The molecule has 0 unspecified atom stereocenters. The maximum Gasteiger partial charge on any atom is 0.316 e. The zero-order chi connectivity index (χ0) is 24.4. The van der Waals surface area contributed by atoms with E-state index < -0.39 is 5.97 Å². The Morgan fingerprint density at radius 1 is 1.09 bits per heavy atom. The van der Waals surface area contributed by atoms with E-state index >= 15 is 4.39 Å². The van der Waals surface area contributed by atoms with Crippen LogP contribution < -0.4 is 4.74 Å². The van der Waals surface area contributed by atoms with Gasteiger partial charge in [0, 0.05) is 24.4 Å². The Morgan fingerprint density at radius 3 is 2.54 bits per heavy atom. The second-order valence-electron chi connectivity index (χ2n) is 9.10. The quantitative estimate of drug-likeness (QED) is 0.351. The van der Waals surface area contributed by atoms with Crippen LogP contribution in [-0.2, 0) is 11.2 Å². The zero-order valence-electron chi connectivity index (χ0n) is 19.5. The van der Waals surface area contributed by atoms with Gasteiger partial charge in [-0.05, 0) is 73.4 Å². The van der Waals surface area contributed by atoms with E-state index in [1.807, 2.05) is 24.3 Å². The van der Waals surface area contributed by atoms with Crippen molar-refractivity contribution in [3.8, 4) is 28.5 Å². The van der Waals surface area contributed by atoms with E-state index in [9.17, 15) is 4.79 Å². The first-order valence-electron chi connectivity index (χ1n) is 12.0. The van der Waals surface area contributed by atoms with E-state index in [-0.39, 0.29) is 30.3 Å². The third kappa shape index (κ3) is 5.16. The average Bonchev–Trinajstić information content (AvgIpc) is 3.28. The van der Waals surface area contributed by atoms with Crippen molar-refractivity contribution >= 4 is 17.0 Å². The van der Waals surface area contributed by atoms with Crippen LogP contribution in [0.25, 0.3) is 33.5 Å². The lowest BCUT2D eigenvalue weighted by molar-refractivity contribution is -0.138. The minimum atomic E-state index is -0.749. The van der Waals surface area contributed by atoms with E-state index in [1.165, 1.54) is 11.6 Å². The predicted molar refractivity (Wildman–Crippen MR) is 131 cm³/mol. The van der Waals surface area contributed by atoms with Gasteiger partial charge >= 0.3 is 12.0 Å². The summed E-state index contributed by atoms with van der Waals surface area (Å²) in [4.78, 5) is 27.3. The number of nitrogens with one attached hydrogen (secondary N) is 1. The van der Waals surface area contributed by atoms with Crippen LogP contribution in [0.15, 0.2) is 48.8 Å². The summed E-state index contributed by atoms with van der Waals surface area (Å²) in [6.07, 6.45) is 7.60. The van der Waals surface area contributed by atoms with Crippen LogP contribution in [0.1, 0.15) is 44.6 Å². The number of ether oxygens (including phenoxy) is 1. The summed E-state index contributed by atoms with van der Waals surface area (Å²) in [5.41, 5.74) is 4.65. The fourth-order valence-electron chi connectivity index (χ4n) is 4.67. The Kier molecular flexibility index (Phi) is 6.44. The van der Waals surface area contributed by atoms with Crippen molar-refractivity contribution in [3.63, 3.8) is 0 Å². The van der Waals surface area contributed by atoms with E-state index in [1.54, 1.807) is 18.5 Å². The van der Waals surface area contributed by atoms with Crippen LogP contribution in [0.3, 0.4) is 0 Å². The second kappa shape index (κ2) is 9.82. The minimum Gasteiger partial charge on any atom is -0.481 e. The van der Waals surface area contributed by atoms with Gasteiger partial charge in [-0.1, -0.05) is 19.1 Å². The van der Waals surface area contributed by atoms with Crippen LogP contribution in [0, 0.1) is 11.7 Å². The van der Waals surface area contributed by atoms with Crippen LogP contribution in [0.4, 0.5) is 4.39 Å². The molecular formula is C27H27FN4O3. The Bertz CT molecular complexity index is 1340. The minimum absolute atomic E-state index is 0.0140. The summed E-state index contributed by atoms with van der Waals surface area (Å²) in [5, 5.41) is 8.95. The number of rotatable bonds is 7. The largest absolute Gasteiger partial charge is 0.481 e. The van der Waals surface area contributed by atoms with Gasteiger partial charge in [-0.2, -0.15) is 0 Å². The van der Waals surface area contributed by atoms with E-state index in [0.717, 1.165) is 43.1 Å². The van der Waals surface area contributed by atoms with Crippen LogP contribution in [0.5, 0.6) is 6.01 Å². The van der Waals surface area contributed by atoms with Gasteiger partial charge < -0.3 is 14.8 Å². The van der Waals surface area contributed by atoms with Crippen LogP contribution in [0.2, 0.25) is 0 Å². The fraction of sp³-hybridized carbons (Fsp3) is 0.333. The fourth-order valence-corrected chi connectivity index (χ4v) is 4.67. The molecule has 180 valence electrons. The number of aliphatic carboxylic acids is 1. The number of imidazole rings is 1. The number of carboxylic acids is 1. The van der Waals surface area contributed by atoms with Crippen molar-refractivity contribution in [1.29, 1.82) is 0 Å². The first kappa shape index (κ1) is 23.0. The van der Waals surface area contributed by atoms with Crippen molar-refractivity contribution in [3.05, 3.63) is 60.2 Å². The molecule has 2 N–H and O–H groups in total. The lowest BCUT2D eigenvalue weighted by Gasteiger charge is -2.27. The number of H-pyrrole nitrogens is 1. The molecule has 2 aromatic heterocycles. The number of aromatic amines is 1. The summed E-state index contributed by atoms with van der Waals surface area (Å²) in [6, 6.07) is 11.3. The van der Waals surface area contributed by atoms with E-state index in [4.69, 9.17) is 9.84 Å². The molecule has 0 radical (unpaired) electrons. The lowest BCUT2D eigenvalue weighted by Crippen LogP contribution is -2.25. The number of benzene rings is 2. The molecule has 0 aliphatic heterocycles. The molecule has 1 saturated carbocycles. The Balaban J connectivity index is 1.26. The van der Waals surface area contributed by atoms with Crippen molar-refractivity contribution in [2.45, 2.75) is 51.6 Å².